The Balaban J connectivity index is 2.23. The fourth-order valence-corrected chi connectivity index (χ4v) is 3.35. The number of nitrogens with one attached hydrogen (secondary N) is 1. The Kier molecular flexibility index (Phi) is 3.49. The number of anilines is 1. The van der Waals surface area contributed by atoms with Crippen LogP contribution in [0.3, 0.4) is 0 Å². The van der Waals surface area contributed by atoms with E-state index in [0.29, 0.717) is 5.01 Å². The highest BCUT2D eigenvalue weighted by molar-refractivity contribution is 7.94. The van der Waals surface area contributed by atoms with E-state index in [2.05, 4.69) is 14.7 Å². The van der Waals surface area contributed by atoms with Gasteiger partial charge in [0, 0.05) is 6.20 Å². The van der Waals surface area contributed by atoms with Gasteiger partial charge in [-0.15, -0.1) is 11.3 Å². The first-order chi connectivity index (χ1) is 8.88. The SMILES string of the molecule is Cc1ncc(S(=O)(=O)Nc2ccc(C(=O)O)cn2)s1. The first-order valence-corrected chi connectivity index (χ1v) is 7.33. The monoisotopic (exact) mass is 299 g/mol. The van der Waals surface area contributed by atoms with Gasteiger partial charge in [-0.05, 0) is 19.1 Å². The Labute approximate surface area is 113 Å². The molecule has 0 fully saturated rings. The first-order valence-electron chi connectivity index (χ1n) is 5.03. The molecule has 2 aromatic rings. The summed E-state index contributed by atoms with van der Waals surface area (Å²) in [5.41, 5.74) is -0.0171. The summed E-state index contributed by atoms with van der Waals surface area (Å²) in [5.74, 6) is -1.07. The zero-order valence-corrected chi connectivity index (χ0v) is 11.3. The van der Waals surface area contributed by atoms with Gasteiger partial charge in [-0.3, -0.25) is 4.72 Å². The molecule has 0 aromatic carbocycles. The summed E-state index contributed by atoms with van der Waals surface area (Å²) in [6, 6.07) is 2.56. The minimum atomic E-state index is -3.73. The molecule has 7 nitrogen and oxygen atoms in total. The van der Waals surface area contributed by atoms with E-state index in [1.165, 1.54) is 18.3 Å². The van der Waals surface area contributed by atoms with Crippen molar-refractivity contribution in [2.45, 2.75) is 11.1 Å². The van der Waals surface area contributed by atoms with E-state index < -0.39 is 16.0 Å². The summed E-state index contributed by atoms with van der Waals surface area (Å²) >= 11 is 1.04. The number of carboxylic acid groups (broad SMARTS) is 1. The molecule has 19 heavy (non-hydrogen) atoms. The van der Waals surface area contributed by atoms with Crippen LogP contribution < -0.4 is 4.72 Å². The summed E-state index contributed by atoms with van der Waals surface area (Å²) < 4.78 is 26.2. The molecule has 0 radical (unpaired) electrons. The number of nitrogens with zero attached hydrogens (tertiary/aromatic N) is 2. The smallest absolute Gasteiger partial charge is 0.337 e. The van der Waals surface area contributed by atoms with Crippen LogP contribution in [-0.2, 0) is 10.0 Å². The largest absolute Gasteiger partial charge is 0.478 e. The highest BCUT2D eigenvalue weighted by Gasteiger charge is 2.17. The molecule has 2 heterocycles. The molecule has 0 bridgehead atoms. The maximum absolute atomic E-state index is 11.9. The van der Waals surface area contributed by atoms with Gasteiger partial charge in [0.1, 0.15) is 5.82 Å². The number of hydrogen-bond donors (Lipinski definition) is 2. The summed E-state index contributed by atoms with van der Waals surface area (Å²) in [7, 11) is -3.73. The van der Waals surface area contributed by atoms with Crippen LogP contribution >= 0.6 is 11.3 Å². The summed E-state index contributed by atoms with van der Waals surface area (Å²) in [6.07, 6.45) is 2.34. The lowest BCUT2D eigenvalue weighted by atomic mass is 10.3. The van der Waals surface area contributed by atoms with Crippen LogP contribution in [0.1, 0.15) is 15.4 Å². The topological polar surface area (TPSA) is 109 Å². The number of sulfonamides is 1. The zero-order valence-electron chi connectivity index (χ0n) is 9.69. The lowest BCUT2D eigenvalue weighted by Gasteiger charge is -2.04. The molecule has 9 heteroatoms. The first kappa shape index (κ1) is 13.4. The number of carbonyl (C=O) groups is 1. The van der Waals surface area contributed by atoms with E-state index in [1.807, 2.05) is 0 Å². The quantitative estimate of drug-likeness (QED) is 0.881. The molecule has 0 atom stereocenters. The Morgan fingerprint density at radius 3 is 2.53 bits per heavy atom. The molecular weight excluding hydrogens is 290 g/mol. The summed E-state index contributed by atoms with van der Waals surface area (Å²) in [5, 5.41) is 9.34. The van der Waals surface area contributed by atoms with Crippen LogP contribution in [-0.4, -0.2) is 29.5 Å². The van der Waals surface area contributed by atoms with Gasteiger partial charge in [0.15, 0.2) is 4.21 Å². The summed E-state index contributed by atoms with van der Waals surface area (Å²) in [4.78, 5) is 18.2. The maximum atomic E-state index is 11.9. The number of aromatic nitrogens is 2. The molecular formula is C10H9N3O4S2. The van der Waals surface area contributed by atoms with Gasteiger partial charge in [0.25, 0.3) is 10.0 Å². The minimum Gasteiger partial charge on any atom is -0.478 e. The lowest BCUT2D eigenvalue weighted by molar-refractivity contribution is 0.0696. The normalized spacial score (nSPS) is 11.2. The average Bonchev–Trinajstić information content (AvgIpc) is 2.77. The molecule has 0 saturated carbocycles. The van der Waals surface area contributed by atoms with E-state index in [9.17, 15) is 13.2 Å². The fourth-order valence-electron chi connectivity index (χ4n) is 1.23. The number of hydrogen-bond acceptors (Lipinski definition) is 6. The Hall–Kier alpha value is -2.00. The molecule has 0 unspecified atom stereocenters. The van der Waals surface area contributed by atoms with Gasteiger partial charge in [0.2, 0.25) is 0 Å². The molecule has 0 amide bonds. The molecule has 0 spiro atoms. The minimum absolute atomic E-state index is 0.0171. The van der Waals surface area contributed by atoms with Gasteiger partial charge in [-0.1, -0.05) is 0 Å². The number of aromatic carboxylic acids is 1. The number of rotatable bonds is 4. The molecule has 2 aromatic heterocycles. The second-order valence-corrected chi connectivity index (χ2v) is 6.69. The third-order valence-corrected chi connectivity index (χ3v) is 4.84. The van der Waals surface area contributed by atoms with E-state index in [-0.39, 0.29) is 15.6 Å². The Morgan fingerprint density at radius 1 is 1.32 bits per heavy atom. The van der Waals surface area contributed by atoms with Crippen molar-refractivity contribution in [2.75, 3.05) is 4.72 Å². The number of thiazole rings is 1. The van der Waals surface area contributed by atoms with E-state index in [0.717, 1.165) is 17.5 Å². The van der Waals surface area contributed by atoms with Crippen molar-refractivity contribution in [3.63, 3.8) is 0 Å². The van der Waals surface area contributed by atoms with E-state index in [1.54, 1.807) is 6.92 Å². The third-order valence-electron chi connectivity index (χ3n) is 2.11. The molecule has 0 aliphatic heterocycles. The van der Waals surface area contributed by atoms with Crippen LogP contribution in [0.25, 0.3) is 0 Å². The van der Waals surface area contributed by atoms with Crippen molar-refractivity contribution in [3.05, 3.63) is 35.1 Å². The van der Waals surface area contributed by atoms with Crippen LogP contribution in [0.2, 0.25) is 0 Å². The number of carboxylic acids is 1. The molecule has 0 aliphatic rings. The molecule has 100 valence electrons. The predicted octanol–water partition coefficient (Wildman–Crippen LogP) is 1.35. The second-order valence-electron chi connectivity index (χ2n) is 3.54. The summed E-state index contributed by atoms with van der Waals surface area (Å²) in [6.45, 7) is 1.70. The van der Waals surface area contributed by atoms with Crippen LogP contribution in [0.4, 0.5) is 5.82 Å². The molecule has 0 saturated heterocycles. The van der Waals surface area contributed by atoms with Gasteiger partial charge in [-0.2, -0.15) is 0 Å². The average molecular weight is 299 g/mol. The Morgan fingerprint density at radius 2 is 2.05 bits per heavy atom. The second kappa shape index (κ2) is 4.94. The van der Waals surface area contributed by atoms with Crippen LogP contribution in [0, 0.1) is 6.92 Å². The Bertz CT molecular complexity index is 707. The maximum Gasteiger partial charge on any atom is 0.337 e. The van der Waals surface area contributed by atoms with Crippen molar-refractivity contribution < 1.29 is 18.3 Å². The van der Waals surface area contributed by atoms with Gasteiger partial charge >= 0.3 is 5.97 Å². The molecule has 2 rings (SSSR count). The van der Waals surface area contributed by atoms with Crippen molar-refractivity contribution in [1.82, 2.24) is 9.97 Å². The number of aryl methyl sites for hydroxylation is 1. The van der Waals surface area contributed by atoms with E-state index >= 15 is 0 Å². The highest BCUT2D eigenvalue weighted by atomic mass is 32.2. The zero-order chi connectivity index (χ0) is 14.0. The lowest BCUT2D eigenvalue weighted by Crippen LogP contribution is -2.12. The van der Waals surface area contributed by atoms with Crippen molar-refractivity contribution >= 4 is 33.1 Å². The van der Waals surface area contributed by atoms with Gasteiger partial charge in [-0.25, -0.2) is 23.2 Å². The van der Waals surface area contributed by atoms with Gasteiger partial charge < -0.3 is 5.11 Å². The van der Waals surface area contributed by atoms with Gasteiger partial charge in [0.05, 0.1) is 16.8 Å². The van der Waals surface area contributed by atoms with Crippen LogP contribution in [0.5, 0.6) is 0 Å². The molecule has 2 N–H and O–H groups in total. The van der Waals surface area contributed by atoms with E-state index in [4.69, 9.17) is 5.11 Å². The predicted molar refractivity (Wildman–Crippen MR) is 68.9 cm³/mol. The number of pyridine rings is 1. The van der Waals surface area contributed by atoms with Crippen LogP contribution in [0.15, 0.2) is 28.7 Å². The van der Waals surface area contributed by atoms with Crippen molar-refractivity contribution in [1.29, 1.82) is 0 Å². The standard InChI is InChI=1S/C10H9N3O4S2/c1-6-11-5-9(18-6)19(16,17)13-8-3-2-7(4-12-8)10(14)15/h2-5H,1H3,(H,12,13)(H,14,15). The van der Waals surface area contributed by atoms with Crippen molar-refractivity contribution in [3.8, 4) is 0 Å². The highest BCUT2D eigenvalue weighted by Crippen LogP contribution is 2.20. The third kappa shape index (κ3) is 3.06. The van der Waals surface area contributed by atoms with Crippen molar-refractivity contribution in [2.24, 2.45) is 0 Å². The fraction of sp³-hybridized carbons (Fsp3) is 0.100. The molecule has 0 aliphatic carbocycles.